The van der Waals surface area contributed by atoms with Gasteiger partial charge >= 0.3 is 0 Å². The number of piperidine rings is 1. The number of nitrogens with one attached hydrogen (secondary N) is 1. The third kappa shape index (κ3) is 3.72. The fourth-order valence-electron chi connectivity index (χ4n) is 4.15. The van der Waals surface area contributed by atoms with Gasteiger partial charge in [0.15, 0.2) is 5.69 Å². The molecule has 1 aromatic heterocycles. The van der Waals surface area contributed by atoms with E-state index in [9.17, 15) is 9.59 Å². The Labute approximate surface area is 148 Å². The quantitative estimate of drug-likeness (QED) is 0.910. The largest absolute Gasteiger partial charge is 0.360 e. The SMILES string of the molecule is C[C@H]1CC[C@@H](C(=O)N2CCC(NC(=O)c3cc(C4CC4)on3)CC2)C1. The van der Waals surface area contributed by atoms with Crippen molar-refractivity contribution in [1.82, 2.24) is 15.4 Å². The first-order chi connectivity index (χ1) is 12.1. The zero-order valence-corrected chi connectivity index (χ0v) is 14.9. The Balaban J connectivity index is 1.25. The van der Waals surface area contributed by atoms with Gasteiger partial charge in [0, 0.05) is 37.0 Å². The van der Waals surface area contributed by atoms with Gasteiger partial charge < -0.3 is 14.7 Å². The molecule has 136 valence electrons. The van der Waals surface area contributed by atoms with E-state index in [1.807, 2.05) is 4.90 Å². The van der Waals surface area contributed by atoms with Crippen LogP contribution in [0.25, 0.3) is 0 Å². The van der Waals surface area contributed by atoms with E-state index in [0.717, 1.165) is 57.4 Å². The van der Waals surface area contributed by atoms with Crippen LogP contribution in [0.1, 0.15) is 74.0 Å². The Kier molecular flexibility index (Phi) is 4.52. The van der Waals surface area contributed by atoms with Crippen LogP contribution in [0.5, 0.6) is 0 Å². The van der Waals surface area contributed by atoms with Gasteiger partial charge in [0.1, 0.15) is 5.76 Å². The van der Waals surface area contributed by atoms with E-state index in [2.05, 4.69) is 17.4 Å². The van der Waals surface area contributed by atoms with Gasteiger partial charge in [0.05, 0.1) is 0 Å². The molecule has 0 unspecified atom stereocenters. The van der Waals surface area contributed by atoms with Gasteiger partial charge in [-0.1, -0.05) is 12.1 Å². The summed E-state index contributed by atoms with van der Waals surface area (Å²) in [6.07, 6.45) is 7.12. The molecule has 3 aliphatic rings. The van der Waals surface area contributed by atoms with Crippen LogP contribution in [0.15, 0.2) is 10.6 Å². The van der Waals surface area contributed by atoms with Gasteiger partial charge in [0.2, 0.25) is 5.91 Å². The van der Waals surface area contributed by atoms with Gasteiger partial charge in [-0.2, -0.15) is 0 Å². The highest BCUT2D eigenvalue weighted by Crippen LogP contribution is 2.40. The molecule has 6 nitrogen and oxygen atoms in total. The average molecular weight is 345 g/mol. The number of aromatic nitrogens is 1. The first-order valence-electron chi connectivity index (χ1n) is 9.66. The summed E-state index contributed by atoms with van der Waals surface area (Å²) >= 11 is 0. The second-order valence-electron chi connectivity index (χ2n) is 8.08. The molecule has 4 rings (SSSR count). The smallest absolute Gasteiger partial charge is 0.273 e. The number of hydrogen-bond acceptors (Lipinski definition) is 4. The Hall–Kier alpha value is -1.85. The van der Waals surface area contributed by atoms with Crippen LogP contribution in [0.3, 0.4) is 0 Å². The second-order valence-corrected chi connectivity index (χ2v) is 8.08. The predicted octanol–water partition coefficient (Wildman–Crippen LogP) is 2.71. The maximum Gasteiger partial charge on any atom is 0.273 e. The van der Waals surface area contributed by atoms with E-state index in [0.29, 0.717) is 23.4 Å². The maximum atomic E-state index is 12.6. The highest BCUT2D eigenvalue weighted by atomic mass is 16.5. The normalized spacial score (nSPS) is 27.5. The van der Waals surface area contributed by atoms with E-state index in [1.54, 1.807) is 6.07 Å². The molecule has 0 aromatic carbocycles. The summed E-state index contributed by atoms with van der Waals surface area (Å²) in [5.41, 5.74) is 0.375. The van der Waals surface area contributed by atoms with Crippen molar-refractivity contribution in [3.63, 3.8) is 0 Å². The molecule has 1 saturated heterocycles. The van der Waals surface area contributed by atoms with Crippen molar-refractivity contribution in [1.29, 1.82) is 0 Å². The fraction of sp³-hybridized carbons (Fsp3) is 0.737. The van der Waals surface area contributed by atoms with Crippen LogP contribution >= 0.6 is 0 Å². The lowest BCUT2D eigenvalue weighted by atomic mass is 10.00. The summed E-state index contributed by atoms with van der Waals surface area (Å²) in [7, 11) is 0. The van der Waals surface area contributed by atoms with E-state index in [-0.39, 0.29) is 17.9 Å². The van der Waals surface area contributed by atoms with Crippen molar-refractivity contribution >= 4 is 11.8 Å². The Bertz CT molecular complexity index is 644. The van der Waals surface area contributed by atoms with Crippen molar-refractivity contribution < 1.29 is 14.1 Å². The number of carbonyl (C=O) groups is 2. The topological polar surface area (TPSA) is 75.4 Å². The standard InChI is InChI=1S/C19H27N3O3/c1-12-2-3-14(10-12)19(24)22-8-6-15(7-9-22)20-18(23)16-11-17(25-21-16)13-4-5-13/h11-15H,2-10H2,1H3,(H,20,23)/t12-,14+/m0/s1. The van der Waals surface area contributed by atoms with Crippen molar-refractivity contribution in [2.75, 3.05) is 13.1 Å². The molecule has 1 aromatic rings. The Morgan fingerprint density at radius 3 is 2.56 bits per heavy atom. The number of likely N-dealkylation sites (tertiary alicyclic amines) is 1. The van der Waals surface area contributed by atoms with Crippen LogP contribution in [-0.2, 0) is 4.79 Å². The molecule has 3 fully saturated rings. The number of rotatable bonds is 4. The summed E-state index contributed by atoms with van der Waals surface area (Å²) < 4.78 is 5.25. The first kappa shape index (κ1) is 16.6. The molecule has 0 radical (unpaired) electrons. The molecule has 0 bridgehead atoms. The minimum absolute atomic E-state index is 0.111. The summed E-state index contributed by atoms with van der Waals surface area (Å²) in [6, 6.07) is 1.88. The first-order valence-corrected chi connectivity index (χ1v) is 9.66. The lowest BCUT2D eigenvalue weighted by molar-refractivity contribution is -0.136. The summed E-state index contributed by atoms with van der Waals surface area (Å²) in [4.78, 5) is 26.9. The van der Waals surface area contributed by atoms with Crippen LogP contribution in [0, 0.1) is 11.8 Å². The molecule has 2 atom stereocenters. The average Bonchev–Trinajstić information content (AvgIpc) is 3.17. The van der Waals surface area contributed by atoms with Crippen molar-refractivity contribution in [3.8, 4) is 0 Å². The van der Waals surface area contributed by atoms with Crippen molar-refractivity contribution in [3.05, 3.63) is 17.5 Å². The molecule has 6 heteroatoms. The van der Waals surface area contributed by atoms with Gasteiger partial charge in [-0.15, -0.1) is 0 Å². The Morgan fingerprint density at radius 1 is 1.16 bits per heavy atom. The third-order valence-corrected chi connectivity index (χ3v) is 5.93. The van der Waals surface area contributed by atoms with Gasteiger partial charge in [0.25, 0.3) is 5.91 Å². The zero-order chi connectivity index (χ0) is 17.4. The van der Waals surface area contributed by atoms with Gasteiger partial charge in [-0.3, -0.25) is 9.59 Å². The molecule has 0 spiro atoms. The molecule has 2 aliphatic carbocycles. The minimum Gasteiger partial charge on any atom is -0.360 e. The maximum absolute atomic E-state index is 12.6. The highest BCUT2D eigenvalue weighted by Gasteiger charge is 2.33. The van der Waals surface area contributed by atoms with Gasteiger partial charge in [-0.05, 0) is 50.9 Å². The lowest BCUT2D eigenvalue weighted by Crippen LogP contribution is -2.47. The predicted molar refractivity (Wildman–Crippen MR) is 92.1 cm³/mol. The Morgan fingerprint density at radius 2 is 1.92 bits per heavy atom. The number of carbonyl (C=O) groups excluding carboxylic acids is 2. The van der Waals surface area contributed by atoms with Crippen LogP contribution in [0.2, 0.25) is 0 Å². The number of nitrogens with zero attached hydrogens (tertiary/aromatic N) is 2. The molecule has 2 amide bonds. The lowest BCUT2D eigenvalue weighted by Gasteiger charge is -2.33. The fourth-order valence-corrected chi connectivity index (χ4v) is 4.15. The van der Waals surface area contributed by atoms with E-state index >= 15 is 0 Å². The number of amides is 2. The summed E-state index contributed by atoms with van der Waals surface area (Å²) in [5, 5.41) is 6.94. The molecule has 1 N–H and O–H groups in total. The van der Waals surface area contributed by atoms with E-state index < -0.39 is 0 Å². The van der Waals surface area contributed by atoms with Crippen LogP contribution in [-0.4, -0.2) is 41.0 Å². The minimum atomic E-state index is -0.162. The zero-order valence-electron chi connectivity index (χ0n) is 14.9. The second kappa shape index (κ2) is 6.81. The summed E-state index contributed by atoms with van der Waals surface area (Å²) in [6.45, 7) is 3.70. The number of hydrogen-bond donors (Lipinski definition) is 1. The van der Waals surface area contributed by atoms with Crippen molar-refractivity contribution in [2.24, 2.45) is 11.8 Å². The van der Waals surface area contributed by atoms with Crippen LogP contribution in [0.4, 0.5) is 0 Å². The molecule has 2 saturated carbocycles. The van der Waals surface area contributed by atoms with E-state index in [4.69, 9.17) is 4.52 Å². The highest BCUT2D eigenvalue weighted by molar-refractivity contribution is 5.92. The molecular weight excluding hydrogens is 318 g/mol. The molecular formula is C19H27N3O3. The molecule has 25 heavy (non-hydrogen) atoms. The molecule has 1 aliphatic heterocycles. The monoisotopic (exact) mass is 345 g/mol. The molecule has 2 heterocycles. The summed E-state index contributed by atoms with van der Waals surface area (Å²) in [5.74, 6) is 2.34. The van der Waals surface area contributed by atoms with E-state index in [1.165, 1.54) is 6.42 Å². The third-order valence-electron chi connectivity index (χ3n) is 5.93. The van der Waals surface area contributed by atoms with Crippen molar-refractivity contribution in [2.45, 2.75) is 63.8 Å². The van der Waals surface area contributed by atoms with Gasteiger partial charge in [-0.25, -0.2) is 0 Å². The van der Waals surface area contributed by atoms with Crippen LogP contribution < -0.4 is 5.32 Å².